The van der Waals surface area contributed by atoms with Crippen molar-refractivity contribution in [2.45, 2.75) is 32.7 Å². The lowest BCUT2D eigenvalue weighted by Crippen LogP contribution is -2.36. The van der Waals surface area contributed by atoms with Crippen molar-refractivity contribution in [2.75, 3.05) is 5.32 Å². The van der Waals surface area contributed by atoms with Gasteiger partial charge in [-0.1, -0.05) is 50.2 Å². The lowest BCUT2D eigenvalue weighted by molar-refractivity contribution is -0.118. The summed E-state index contributed by atoms with van der Waals surface area (Å²) in [6.07, 6.45) is 4.88. The fraction of sp³-hybridized carbons (Fsp3) is 0.273. The fourth-order valence-corrected chi connectivity index (χ4v) is 4.16. The number of nitrogens with zero attached hydrogens (tertiary/aromatic N) is 4. The molecule has 5 rings (SSSR count). The monoisotopic (exact) mass is 371 g/mol. The molecular weight excluding hydrogens is 350 g/mol. The molecule has 1 atom stereocenters. The molecule has 1 aromatic carbocycles. The summed E-state index contributed by atoms with van der Waals surface area (Å²) in [5, 5.41) is 8.17. The van der Waals surface area contributed by atoms with Crippen LogP contribution in [0.5, 0.6) is 0 Å². The molecule has 0 spiro atoms. The van der Waals surface area contributed by atoms with E-state index in [-0.39, 0.29) is 17.2 Å². The zero-order chi connectivity index (χ0) is 19.3. The number of ketones is 1. The van der Waals surface area contributed by atoms with E-state index in [4.69, 9.17) is 10.1 Å². The molecule has 0 bridgehead atoms. The zero-order valence-corrected chi connectivity index (χ0v) is 15.9. The third-order valence-corrected chi connectivity index (χ3v) is 5.36. The molecule has 3 heterocycles. The number of allylic oxidation sites excluding steroid dienone is 2. The maximum absolute atomic E-state index is 13.1. The summed E-state index contributed by atoms with van der Waals surface area (Å²) in [6.45, 7) is 4.26. The molecule has 1 N–H and O–H groups in total. The van der Waals surface area contributed by atoms with Crippen molar-refractivity contribution < 1.29 is 4.79 Å². The van der Waals surface area contributed by atoms with E-state index in [0.717, 1.165) is 28.8 Å². The molecule has 6 nitrogen and oxygen atoms in total. The number of Topliss-reactive ketones (excluding diaryl/α,β-unsaturated/α-hetero) is 1. The second-order valence-corrected chi connectivity index (χ2v) is 8.22. The summed E-state index contributed by atoms with van der Waals surface area (Å²) < 4.78 is 1.83. The molecule has 0 saturated carbocycles. The molecule has 28 heavy (non-hydrogen) atoms. The van der Waals surface area contributed by atoms with Gasteiger partial charge in [-0.05, 0) is 23.5 Å². The first-order chi connectivity index (χ1) is 13.5. The topological polar surface area (TPSA) is 72.7 Å². The van der Waals surface area contributed by atoms with Crippen LogP contribution >= 0.6 is 0 Å². The second kappa shape index (κ2) is 6.12. The Morgan fingerprint density at radius 1 is 1.11 bits per heavy atom. The highest BCUT2D eigenvalue weighted by atomic mass is 16.1. The molecule has 0 saturated heterocycles. The van der Waals surface area contributed by atoms with Crippen LogP contribution in [0.2, 0.25) is 0 Å². The maximum Gasteiger partial charge on any atom is 0.226 e. The molecular formula is C22H21N5O. The molecule has 1 aliphatic heterocycles. The van der Waals surface area contributed by atoms with E-state index in [1.807, 2.05) is 47.1 Å². The number of hydrogen-bond donors (Lipinski definition) is 1. The van der Waals surface area contributed by atoms with E-state index in [2.05, 4.69) is 24.1 Å². The Hall–Kier alpha value is -3.28. The zero-order valence-electron chi connectivity index (χ0n) is 15.9. The predicted octanol–water partition coefficient (Wildman–Crippen LogP) is 4.00. The lowest BCUT2D eigenvalue weighted by Gasteiger charge is -2.38. The highest BCUT2D eigenvalue weighted by Gasteiger charge is 2.41. The minimum atomic E-state index is -0.312. The second-order valence-electron chi connectivity index (χ2n) is 8.22. The summed E-state index contributed by atoms with van der Waals surface area (Å²) in [7, 11) is 0. The predicted molar refractivity (Wildman–Crippen MR) is 107 cm³/mol. The van der Waals surface area contributed by atoms with E-state index in [1.54, 1.807) is 12.4 Å². The van der Waals surface area contributed by atoms with Crippen LogP contribution in [0.15, 0.2) is 66.1 Å². The molecule has 3 aromatic rings. The normalized spacial score (nSPS) is 20.4. The summed E-state index contributed by atoms with van der Waals surface area (Å²) in [5.41, 5.74) is 3.54. The quantitative estimate of drug-likeness (QED) is 0.737. The van der Waals surface area contributed by atoms with Crippen molar-refractivity contribution >= 4 is 11.7 Å². The number of nitrogens with one attached hydrogen (secondary N) is 1. The molecule has 2 aromatic heterocycles. The van der Waals surface area contributed by atoms with Gasteiger partial charge in [-0.3, -0.25) is 9.78 Å². The van der Waals surface area contributed by atoms with Crippen LogP contribution in [0.3, 0.4) is 0 Å². The molecule has 0 radical (unpaired) electrons. The first-order valence-corrected chi connectivity index (χ1v) is 9.47. The first kappa shape index (κ1) is 16.9. The first-order valence-electron chi connectivity index (χ1n) is 9.47. The van der Waals surface area contributed by atoms with Gasteiger partial charge in [0.1, 0.15) is 6.04 Å². The van der Waals surface area contributed by atoms with Crippen molar-refractivity contribution in [1.82, 2.24) is 19.7 Å². The average Bonchev–Trinajstić information content (AvgIpc) is 3.10. The Morgan fingerprint density at radius 3 is 2.68 bits per heavy atom. The van der Waals surface area contributed by atoms with Crippen LogP contribution in [0.4, 0.5) is 5.95 Å². The highest BCUT2D eigenvalue weighted by Crippen LogP contribution is 2.45. The third kappa shape index (κ3) is 2.72. The average molecular weight is 371 g/mol. The van der Waals surface area contributed by atoms with Crippen molar-refractivity contribution in [3.05, 3.63) is 71.7 Å². The van der Waals surface area contributed by atoms with Crippen LogP contribution in [-0.4, -0.2) is 25.5 Å². The smallest absolute Gasteiger partial charge is 0.226 e. The van der Waals surface area contributed by atoms with Crippen molar-refractivity contribution in [1.29, 1.82) is 0 Å². The molecule has 2 aliphatic rings. The van der Waals surface area contributed by atoms with Gasteiger partial charge in [0, 0.05) is 35.6 Å². The molecule has 1 aliphatic carbocycles. The summed E-state index contributed by atoms with van der Waals surface area (Å²) in [4.78, 5) is 22.1. The molecule has 0 fully saturated rings. The number of hydrogen-bond acceptors (Lipinski definition) is 5. The van der Waals surface area contributed by atoms with E-state index >= 15 is 0 Å². The van der Waals surface area contributed by atoms with E-state index in [0.29, 0.717) is 18.2 Å². The van der Waals surface area contributed by atoms with Gasteiger partial charge >= 0.3 is 0 Å². The van der Waals surface area contributed by atoms with Crippen LogP contribution < -0.4 is 5.32 Å². The number of benzene rings is 1. The van der Waals surface area contributed by atoms with Crippen molar-refractivity contribution in [3.8, 4) is 11.4 Å². The highest BCUT2D eigenvalue weighted by molar-refractivity contribution is 6.00. The SMILES string of the molecule is CC1(C)CC(=O)C2=C(C1)Nc1nc(-c3ccccc3)nn1C2c1cccnc1. The van der Waals surface area contributed by atoms with Gasteiger partial charge in [0.05, 0.1) is 0 Å². The maximum atomic E-state index is 13.1. The van der Waals surface area contributed by atoms with Gasteiger partial charge in [-0.2, -0.15) is 4.98 Å². The van der Waals surface area contributed by atoms with Crippen LogP contribution in [0.25, 0.3) is 11.4 Å². The van der Waals surface area contributed by atoms with Gasteiger partial charge < -0.3 is 5.32 Å². The third-order valence-electron chi connectivity index (χ3n) is 5.36. The molecule has 0 amide bonds. The van der Waals surface area contributed by atoms with E-state index in [9.17, 15) is 4.79 Å². The van der Waals surface area contributed by atoms with Gasteiger partial charge in [-0.15, -0.1) is 5.10 Å². The number of carbonyl (C=O) groups is 1. The summed E-state index contributed by atoms with van der Waals surface area (Å²) >= 11 is 0. The summed E-state index contributed by atoms with van der Waals surface area (Å²) in [6, 6.07) is 13.5. The van der Waals surface area contributed by atoms with Gasteiger partial charge in [-0.25, -0.2) is 4.68 Å². The summed E-state index contributed by atoms with van der Waals surface area (Å²) in [5.74, 6) is 1.47. The number of rotatable bonds is 2. The van der Waals surface area contributed by atoms with E-state index < -0.39 is 0 Å². The van der Waals surface area contributed by atoms with Gasteiger partial charge in [0.2, 0.25) is 5.95 Å². The van der Waals surface area contributed by atoms with Crippen LogP contribution in [0, 0.1) is 5.41 Å². The van der Waals surface area contributed by atoms with Gasteiger partial charge in [0.25, 0.3) is 0 Å². The van der Waals surface area contributed by atoms with Crippen molar-refractivity contribution in [3.63, 3.8) is 0 Å². The van der Waals surface area contributed by atoms with Gasteiger partial charge in [0.15, 0.2) is 11.6 Å². The van der Waals surface area contributed by atoms with Crippen LogP contribution in [0.1, 0.15) is 38.3 Å². The number of pyridine rings is 1. The molecule has 1 unspecified atom stereocenters. The van der Waals surface area contributed by atoms with Crippen molar-refractivity contribution in [2.24, 2.45) is 5.41 Å². The Bertz CT molecular complexity index is 1080. The molecule has 140 valence electrons. The Morgan fingerprint density at radius 2 is 1.93 bits per heavy atom. The number of anilines is 1. The minimum Gasteiger partial charge on any atom is -0.328 e. The Labute approximate surface area is 163 Å². The number of aromatic nitrogens is 4. The Balaban J connectivity index is 1.69. The fourth-order valence-electron chi connectivity index (χ4n) is 4.16. The largest absolute Gasteiger partial charge is 0.328 e. The standard InChI is InChI=1S/C22H21N5O/c1-22(2)11-16-18(17(28)12-22)19(15-9-6-10-23-13-15)27-21(24-16)25-20(26-27)14-7-4-3-5-8-14/h3-10,13,19H,11-12H2,1-2H3,(H,24,25,26). The Kier molecular flexibility index (Phi) is 3.69. The number of carbonyl (C=O) groups excluding carboxylic acids is 1. The van der Waals surface area contributed by atoms with Crippen LogP contribution in [-0.2, 0) is 4.79 Å². The minimum absolute atomic E-state index is 0.0765. The number of fused-ring (bicyclic) bond motifs is 1. The van der Waals surface area contributed by atoms with E-state index in [1.165, 1.54) is 0 Å². The molecule has 6 heteroatoms. The lowest BCUT2D eigenvalue weighted by atomic mass is 9.73.